The quantitative estimate of drug-likeness (QED) is 0.910. The summed E-state index contributed by atoms with van der Waals surface area (Å²) < 4.78 is 0. The highest BCUT2D eigenvalue weighted by Gasteiger charge is 2.13. The molecule has 5 nitrogen and oxygen atoms in total. The molecular weight excluding hydrogens is 258 g/mol. The molecule has 0 aliphatic carbocycles. The van der Waals surface area contributed by atoms with Gasteiger partial charge in [-0.25, -0.2) is 15.0 Å². The number of hydrogen-bond acceptors (Lipinski definition) is 6. The van der Waals surface area contributed by atoms with Crippen LogP contribution in [0, 0.1) is 6.92 Å². The minimum absolute atomic E-state index is 0.758. The summed E-state index contributed by atoms with van der Waals surface area (Å²) in [5, 5.41) is 5.19. The van der Waals surface area contributed by atoms with Crippen LogP contribution in [0.15, 0.2) is 10.9 Å². The fourth-order valence-corrected chi connectivity index (χ4v) is 2.51. The van der Waals surface area contributed by atoms with Crippen LogP contribution in [0.25, 0.3) is 0 Å². The van der Waals surface area contributed by atoms with Crippen LogP contribution in [-0.2, 0) is 13.0 Å². The summed E-state index contributed by atoms with van der Waals surface area (Å²) >= 11 is 1.61. The van der Waals surface area contributed by atoms with E-state index in [0.29, 0.717) is 0 Å². The second-order valence-corrected chi connectivity index (χ2v) is 5.10. The zero-order chi connectivity index (χ0) is 13.8. The predicted molar refractivity (Wildman–Crippen MR) is 79.9 cm³/mol. The van der Waals surface area contributed by atoms with Gasteiger partial charge >= 0.3 is 0 Å². The van der Waals surface area contributed by atoms with Gasteiger partial charge in [0.05, 0.1) is 17.7 Å². The summed E-state index contributed by atoms with van der Waals surface area (Å²) in [7, 11) is 3.92. The van der Waals surface area contributed by atoms with Crippen LogP contribution in [0.3, 0.4) is 0 Å². The molecule has 2 aromatic rings. The van der Waals surface area contributed by atoms with Crippen molar-refractivity contribution in [3.05, 3.63) is 28.0 Å². The van der Waals surface area contributed by atoms with E-state index in [9.17, 15) is 0 Å². The fraction of sp³-hybridized carbons (Fsp3) is 0.462. The van der Waals surface area contributed by atoms with Gasteiger partial charge in [0.25, 0.3) is 0 Å². The Morgan fingerprint density at radius 3 is 2.74 bits per heavy atom. The highest BCUT2D eigenvalue weighted by atomic mass is 32.1. The van der Waals surface area contributed by atoms with E-state index in [1.54, 1.807) is 11.3 Å². The standard InChI is InChI=1S/C13H19N5S/c1-5-11-16-12(14-3)9(2)13(17-11)18(4)6-10-7-19-8-15-10/h7-8H,5-6H2,1-4H3,(H,14,16,17). The Morgan fingerprint density at radius 1 is 1.37 bits per heavy atom. The molecule has 2 aromatic heterocycles. The van der Waals surface area contributed by atoms with E-state index in [1.807, 2.05) is 26.5 Å². The van der Waals surface area contributed by atoms with Crippen LogP contribution in [0.1, 0.15) is 24.0 Å². The van der Waals surface area contributed by atoms with Crippen molar-refractivity contribution in [1.29, 1.82) is 0 Å². The van der Waals surface area contributed by atoms with E-state index >= 15 is 0 Å². The van der Waals surface area contributed by atoms with Gasteiger partial charge in [0.2, 0.25) is 0 Å². The molecule has 0 radical (unpaired) electrons. The average molecular weight is 277 g/mol. The molecule has 2 rings (SSSR count). The molecule has 0 atom stereocenters. The van der Waals surface area contributed by atoms with Crippen LogP contribution in [-0.4, -0.2) is 29.0 Å². The van der Waals surface area contributed by atoms with Crippen molar-refractivity contribution in [2.45, 2.75) is 26.8 Å². The Hall–Kier alpha value is -1.69. The molecule has 2 heterocycles. The molecule has 1 N–H and O–H groups in total. The monoisotopic (exact) mass is 277 g/mol. The van der Waals surface area contributed by atoms with Gasteiger partial charge in [-0.1, -0.05) is 6.92 Å². The summed E-state index contributed by atoms with van der Waals surface area (Å²) in [6, 6.07) is 0. The van der Waals surface area contributed by atoms with E-state index in [-0.39, 0.29) is 0 Å². The second kappa shape index (κ2) is 5.97. The number of nitrogens with one attached hydrogen (secondary N) is 1. The van der Waals surface area contributed by atoms with E-state index in [1.165, 1.54) is 0 Å². The van der Waals surface area contributed by atoms with Crippen molar-refractivity contribution >= 4 is 23.0 Å². The van der Waals surface area contributed by atoms with Gasteiger partial charge in [0, 0.05) is 31.5 Å². The first kappa shape index (κ1) is 13.7. The van der Waals surface area contributed by atoms with Crippen LogP contribution in [0.4, 0.5) is 11.6 Å². The van der Waals surface area contributed by atoms with Gasteiger partial charge in [-0.3, -0.25) is 0 Å². The number of rotatable bonds is 5. The van der Waals surface area contributed by atoms with Gasteiger partial charge in [0.15, 0.2) is 0 Å². The molecule has 102 valence electrons. The van der Waals surface area contributed by atoms with Crippen LogP contribution in [0.2, 0.25) is 0 Å². The topological polar surface area (TPSA) is 53.9 Å². The molecule has 0 aromatic carbocycles. The number of nitrogens with zero attached hydrogens (tertiary/aromatic N) is 4. The average Bonchev–Trinajstić information content (AvgIpc) is 2.91. The van der Waals surface area contributed by atoms with Crippen LogP contribution in [0.5, 0.6) is 0 Å². The zero-order valence-electron chi connectivity index (χ0n) is 11.8. The van der Waals surface area contributed by atoms with Gasteiger partial charge in [0.1, 0.15) is 17.5 Å². The van der Waals surface area contributed by atoms with Gasteiger partial charge in [-0.15, -0.1) is 11.3 Å². The zero-order valence-corrected chi connectivity index (χ0v) is 12.6. The van der Waals surface area contributed by atoms with Crippen molar-refractivity contribution in [1.82, 2.24) is 15.0 Å². The lowest BCUT2D eigenvalue weighted by atomic mass is 10.2. The first-order valence-corrected chi connectivity index (χ1v) is 7.23. The number of thiazole rings is 1. The molecule has 0 saturated carbocycles. The van der Waals surface area contributed by atoms with Crippen molar-refractivity contribution in [2.24, 2.45) is 0 Å². The molecule has 6 heteroatoms. The number of anilines is 2. The molecule has 0 aliphatic heterocycles. The summed E-state index contributed by atoms with van der Waals surface area (Å²) in [5.74, 6) is 2.71. The first-order valence-electron chi connectivity index (χ1n) is 6.29. The third kappa shape index (κ3) is 3.01. The van der Waals surface area contributed by atoms with Gasteiger partial charge in [-0.05, 0) is 6.92 Å². The number of hydrogen-bond donors (Lipinski definition) is 1. The fourth-order valence-electron chi connectivity index (χ4n) is 1.96. The minimum atomic E-state index is 0.758. The Labute approximate surface area is 117 Å². The van der Waals surface area contributed by atoms with Crippen molar-refractivity contribution < 1.29 is 0 Å². The summed E-state index contributed by atoms with van der Waals surface area (Å²) in [5.41, 5.74) is 3.99. The third-order valence-corrected chi connectivity index (χ3v) is 3.60. The lowest BCUT2D eigenvalue weighted by molar-refractivity contribution is 0.837. The maximum Gasteiger partial charge on any atom is 0.137 e. The molecule has 0 amide bonds. The highest BCUT2D eigenvalue weighted by Crippen LogP contribution is 2.23. The van der Waals surface area contributed by atoms with Crippen molar-refractivity contribution in [3.63, 3.8) is 0 Å². The maximum atomic E-state index is 4.63. The molecule has 0 spiro atoms. The van der Waals surface area contributed by atoms with E-state index in [4.69, 9.17) is 0 Å². The molecular formula is C13H19N5S. The minimum Gasteiger partial charge on any atom is -0.373 e. The summed E-state index contributed by atoms with van der Waals surface area (Å²) in [6.45, 7) is 4.86. The molecule has 0 fully saturated rings. The lowest BCUT2D eigenvalue weighted by Gasteiger charge is -2.21. The number of aryl methyl sites for hydroxylation is 1. The molecule has 19 heavy (non-hydrogen) atoms. The highest BCUT2D eigenvalue weighted by molar-refractivity contribution is 7.07. The first-order chi connectivity index (χ1) is 9.15. The van der Waals surface area contributed by atoms with Crippen molar-refractivity contribution in [2.75, 3.05) is 24.3 Å². The Kier molecular flexibility index (Phi) is 4.31. The summed E-state index contributed by atoms with van der Waals surface area (Å²) in [6.07, 6.45) is 0.826. The third-order valence-electron chi connectivity index (χ3n) is 2.96. The number of aromatic nitrogens is 3. The SMILES string of the molecule is CCc1nc(NC)c(C)c(N(C)Cc2cscn2)n1. The van der Waals surface area contributed by atoms with Gasteiger partial charge < -0.3 is 10.2 Å². The lowest BCUT2D eigenvalue weighted by Crippen LogP contribution is -2.21. The molecule has 0 saturated heterocycles. The Morgan fingerprint density at radius 2 is 2.16 bits per heavy atom. The largest absolute Gasteiger partial charge is 0.373 e. The summed E-state index contributed by atoms with van der Waals surface area (Å²) in [4.78, 5) is 15.5. The molecule has 0 unspecified atom stereocenters. The van der Waals surface area contributed by atoms with Gasteiger partial charge in [-0.2, -0.15) is 0 Å². The second-order valence-electron chi connectivity index (χ2n) is 4.38. The van der Waals surface area contributed by atoms with E-state index < -0.39 is 0 Å². The maximum absolute atomic E-state index is 4.63. The van der Waals surface area contributed by atoms with Crippen LogP contribution < -0.4 is 10.2 Å². The van der Waals surface area contributed by atoms with E-state index in [0.717, 1.165) is 41.7 Å². The smallest absolute Gasteiger partial charge is 0.137 e. The Bertz CT molecular complexity index is 538. The normalized spacial score (nSPS) is 10.5. The van der Waals surface area contributed by atoms with Crippen LogP contribution >= 0.6 is 11.3 Å². The van der Waals surface area contributed by atoms with E-state index in [2.05, 4.69) is 37.5 Å². The molecule has 0 aliphatic rings. The Balaban J connectivity index is 2.31. The van der Waals surface area contributed by atoms with Crippen molar-refractivity contribution in [3.8, 4) is 0 Å². The predicted octanol–water partition coefficient (Wildman–Crippen LogP) is 2.48. The molecule has 0 bridgehead atoms.